The average Bonchev–Trinajstić information content (AvgIpc) is 2.89. The van der Waals surface area contributed by atoms with Crippen molar-refractivity contribution in [2.24, 2.45) is 11.5 Å². The minimum atomic E-state index is -2.36. The van der Waals surface area contributed by atoms with Crippen LogP contribution in [0.15, 0.2) is 0 Å². The molecule has 0 aromatic carbocycles. The highest BCUT2D eigenvalue weighted by molar-refractivity contribution is 6.60. The van der Waals surface area contributed by atoms with Crippen LogP contribution in [0.1, 0.15) is 70.6 Å². The number of unbranched alkanes of at least 4 members (excludes halogenated alkanes) is 7. The Labute approximate surface area is 219 Å². The molecular weight excluding hydrogens is 480 g/mol. The van der Waals surface area contributed by atoms with Crippen molar-refractivity contribution >= 4 is 18.1 Å². The van der Waals surface area contributed by atoms with Crippen LogP contribution in [0.5, 0.6) is 0 Å². The van der Waals surface area contributed by atoms with Crippen molar-refractivity contribution in [2.45, 2.75) is 82.7 Å². The molecule has 0 rings (SSSR count). The molecule has 0 atom stereocenters. The Morgan fingerprint density at radius 1 is 0.543 bits per heavy atom. The largest absolute Gasteiger partial charge is 0.500 e. The molecule has 0 aromatic rings. The van der Waals surface area contributed by atoms with Gasteiger partial charge in [0.05, 0.1) is 0 Å². The van der Waals surface area contributed by atoms with Crippen LogP contribution in [0.2, 0.25) is 12.1 Å². The van der Waals surface area contributed by atoms with E-state index in [0.717, 1.165) is 64.2 Å². The van der Waals surface area contributed by atoms with Gasteiger partial charge in [0.1, 0.15) is 0 Å². The van der Waals surface area contributed by atoms with Gasteiger partial charge >= 0.3 is 18.1 Å². The SMILES string of the molecule is CO[SiH](CCCCNCCCCCCN)OC.CO[Si](CCCNCCCCCCN)(OC)OC. The van der Waals surface area contributed by atoms with E-state index in [1.54, 1.807) is 35.5 Å². The first-order valence-corrected chi connectivity index (χ1v) is 17.3. The molecule has 0 radical (unpaired) electrons. The van der Waals surface area contributed by atoms with Gasteiger partial charge in [-0.25, -0.2) is 0 Å². The van der Waals surface area contributed by atoms with Crippen molar-refractivity contribution in [3.8, 4) is 0 Å². The molecule has 0 bridgehead atoms. The van der Waals surface area contributed by atoms with Gasteiger partial charge in [0.25, 0.3) is 0 Å². The van der Waals surface area contributed by atoms with Crippen molar-refractivity contribution in [3.63, 3.8) is 0 Å². The molecule has 35 heavy (non-hydrogen) atoms. The molecule has 6 N–H and O–H groups in total. The van der Waals surface area contributed by atoms with Crippen molar-refractivity contribution in [1.82, 2.24) is 10.6 Å². The minimum Gasteiger partial charge on any atom is -0.400 e. The normalized spacial score (nSPS) is 11.7. The Hall–Kier alpha value is 0.0738. The summed E-state index contributed by atoms with van der Waals surface area (Å²) >= 11 is 0. The quantitative estimate of drug-likeness (QED) is 0.0969. The summed E-state index contributed by atoms with van der Waals surface area (Å²) < 4.78 is 26.6. The molecule has 11 heteroatoms. The van der Waals surface area contributed by atoms with Crippen molar-refractivity contribution in [2.75, 3.05) is 74.8 Å². The lowest BCUT2D eigenvalue weighted by molar-refractivity contribution is 0.123. The number of nitrogens with one attached hydrogen (secondary N) is 2. The zero-order valence-electron chi connectivity index (χ0n) is 23.7. The maximum absolute atomic E-state index is 5.44. The highest BCUT2D eigenvalue weighted by Gasteiger charge is 2.36. The fourth-order valence-corrected chi connectivity index (χ4v) is 6.63. The summed E-state index contributed by atoms with van der Waals surface area (Å²) in [5.41, 5.74) is 10.9. The predicted octanol–water partition coefficient (Wildman–Crippen LogP) is 2.75. The van der Waals surface area contributed by atoms with Gasteiger partial charge in [0, 0.05) is 41.6 Å². The number of hydrogen-bond acceptors (Lipinski definition) is 9. The molecule has 0 saturated heterocycles. The predicted molar refractivity (Wildman–Crippen MR) is 152 cm³/mol. The van der Waals surface area contributed by atoms with E-state index in [1.807, 2.05) is 0 Å². The third-order valence-corrected chi connectivity index (χ3v) is 10.7. The van der Waals surface area contributed by atoms with Crippen LogP contribution in [-0.2, 0) is 22.1 Å². The van der Waals surface area contributed by atoms with Gasteiger partial charge in [-0.1, -0.05) is 32.1 Å². The monoisotopic (exact) mass is 540 g/mol. The van der Waals surface area contributed by atoms with Crippen LogP contribution in [-0.4, -0.2) is 92.9 Å². The summed E-state index contributed by atoms with van der Waals surface area (Å²) in [5.74, 6) is 0. The molecule has 0 heterocycles. The molecule has 9 nitrogen and oxygen atoms in total. The van der Waals surface area contributed by atoms with Gasteiger partial charge in [-0.15, -0.1) is 0 Å². The highest BCUT2D eigenvalue weighted by atomic mass is 28.4. The summed E-state index contributed by atoms with van der Waals surface area (Å²) in [6.07, 6.45) is 13.3. The molecule has 0 spiro atoms. The van der Waals surface area contributed by atoms with Gasteiger partial charge in [0.2, 0.25) is 0 Å². The van der Waals surface area contributed by atoms with Crippen LogP contribution in [0, 0.1) is 0 Å². The van der Waals surface area contributed by atoms with Crippen molar-refractivity contribution < 1.29 is 22.1 Å². The molecule has 0 aromatic heterocycles. The molecule has 0 aliphatic heterocycles. The third kappa shape index (κ3) is 25.5. The summed E-state index contributed by atoms with van der Waals surface area (Å²) in [7, 11) is 4.80. The third-order valence-electron chi connectivity index (χ3n) is 5.95. The first-order chi connectivity index (χ1) is 17.1. The summed E-state index contributed by atoms with van der Waals surface area (Å²) in [6, 6.07) is 1.97. The second-order valence-electron chi connectivity index (χ2n) is 8.70. The number of nitrogens with two attached hydrogens (primary N) is 2. The topological polar surface area (TPSA) is 122 Å². The Bertz CT molecular complexity index is 389. The lowest BCUT2D eigenvalue weighted by atomic mass is 10.2. The Kier molecular flexibility index (Phi) is 32.2. The maximum Gasteiger partial charge on any atom is 0.500 e. The zero-order chi connectivity index (χ0) is 26.5. The molecule has 214 valence electrons. The number of rotatable bonds is 26. The smallest absolute Gasteiger partial charge is 0.400 e. The van der Waals surface area contributed by atoms with E-state index in [-0.39, 0.29) is 0 Å². The van der Waals surface area contributed by atoms with E-state index in [1.165, 1.54) is 57.8 Å². The van der Waals surface area contributed by atoms with Crippen LogP contribution < -0.4 is 22.1 Å². The first-order valence-electron chi connectivity index (χ1n) is 13.6. The van der Waals surface area contributed by atoms with Gasteiger partial charge in [-0.3, -0.25) is 0 Å². The lowest BCUT2D eigenvalue weighted by Crippen LogP contribution is -2.43. The molecule has 0 unspecified atom stereocenters. The number of hydrogen-bond donors (Lipinski definition) is 4. The van der Waals surface area contributed by atoms with Crippen LogP contribution in [0.4, 0.5) is 0 Å². The van der Waals surface area contributed by atoms with Gasteiger partial charge in [-0.2, -0.15) is 0 Å². The fraction of sp³-hybridized carbons (Fsp3) is 1.00. The standard InChI is InChI=1S/C12H30N2O3Si.C12H30N2O2Si/c1-15-18(16-2,17-3)12-8-11-14-10-7-5-4-6-9-13;1-15-17(16-2)12-8-7-11-14-10-6-4-3-5-9-13/h14H,4-13H2,1-3H3;14,17H,3-13H2,1-2H3. The fourth-order valence-electron chi connectivity index (χ4n) is 3.62. The minimum absolute atomic E-state index is 0.811. The van der Waals surface area contributed by atoms with E-state index in [9.17, 15) is 0 Å². The molecular formula is C24H60N4O5Si2. The molecule has 0 aliphatic carbocycles. The second-order valence-corrected chi connectivity index (χ2v) is 14.2. The first kappa shape index (κ1) is 37.2. The maximum atomic E-state index is 5.44. The van der Waals surface area contributed by atoms with E-state index in [0.29, 0.717) is 0 Å². The lowest BCUT2D eigenvalue weighted by Gasteiger charge is -2.24. The van der Waals surface area contributed by atoms with Crippen LogP contribution in [0.3, 0.4) is 0 Å². The van der Waals surface area contributed by atoms with Crippen molar-refractivity contribution in [3.05, 3.63) is 0 Å². The summed E-state index contributed by atoms with van der Waals surface area (Å²) in [5, 5.41) is 6.91. The zero-order valence-corrected chi connectivity index (χ0v) is 25.9. The van der Waals surface area contributed by atoms with Gasteiger partial charge < -0.3 is 44.2 Å². The average molecular weight is 541 g/mol. The van der Waals surface area contributed by atoms with Gasteiger partial charge in [-0.05, 0) is 83.8 Å². The summed E-state index contributed by atoms with van der Waals surface area (Å²) in [6.45, 7) is 5.96. The van der Waals surface area contributed by atoms with E-state index in [2.05, 4.69) is 10.6 Å². The van der Waals surface area contributed by atoms with Gasteiger partial charge in [0.15, 0.2) is 0 Å². The highest BCUT2D eigenvalue weighted by Crippen LogP contribution is 2.14. The Balaban J connectivity index is 0. The van der Waals surface area contributed by atoms with E-state index < -0.39 is 18.1 Å². The molecule has 0 amide bonds. The van der Waals surface area contributed by atoms with E-state index in [4.69, 9.17) is 33.6 Å². The van der Waals surface area contributed by atoms with E-state index >= 15 is 0 Å². The summed E-state index contributed by atoms with van der Waals surface area (Å²) in [4.78, 5) is 0. The molecule has 0 aliphatic rings. The Morgan fingerprint density at radius 2 is 0.943 bits per heavy atom. The second kappa shape index (κ2) is 30.3. The Morgan fingerprint density at radius 3 is 1.34 bits per heavy atom. The molecule has 0 saturated carbocycles. The van der Waals surface area contributed by atoms with Crippen LogP contribution >= 0.6 is 0 Å². The van der Waals surface area contributed by atoms with Crippen LogP contribution in [0.25, 0.3) is 0 Å². The van der Waals surface area contributed by atoms with Crippen molar-refractivity contribution in [1.29, 1.82) is 0 Å². The molecule has 0 fully saturated rings.